The molecule has 1 rings (SSSR count). The third kappa shape index (κ3) is 12.2. The maximum Gasteiger partial charge on any atom is 0.408 e. The fourth-order valence-corrected chi connectivity index (χ4v) is 4.89. The number of carbonyl (C=O) groups excluding carboxylic acids is 3. The maximum atomic E-state index is 14.5. The quantitative estimate of drug-likeness (QED) is 0.301. The van der Waals surface area contributed by atoms with Crippen molar-refractivity contribution in [1.82, 2.24) is 15.5 Å². The van der Waals surface area contributed by atoms with Crippen molar-refractivity contribution in [3.63, 3.8) is 0 Å². The van der Waals surface area contributed by atoms with Crippen LogP contribution in [0, 0.1) is 19.8 Å². The van der Waals surface area contributed by atoms with Gasteiger partial charge in [-0.25, -0.2) is 4.79 Å². The van der Waals surface area contributed by atoms with Crippen LogP contribution in [0.1, 0.15) is 104 Å². The third-order valence-corrected chi connectivity index (χ3v) is 6.88. The zero-order valence-electron chi connectivity index (χ0n) is 26.4. The topological polar surface area (TPSA) is 87.7 Å². The van der Waals surface area contributed by atoms with Crippen LogP contribution < -0.4 is 10.6 Å². The van der Waals surface area contributed by atoms with E-state index in [9.17, 15) is 14.4 Å². The van der Waals surface area contributed by atoms with Gasteiger partial charge in [-0.05, 0) is 111 Å². The number of thioether (sulfide) groups is 1. The van der Waals surface area contributed by atoms with Gasteiger partial charge in [-0.15, -0.1) is 0 Å². The number of benzene rings is 1. The van der Waals surface area contributed by atoms with Crippen LogP contribution >= 0.6 is 11.8 Å². The van der Waals surface area contributed by atoms with Crippen LogP contribution in [0.5, 0.6) is 0 Å². The highest BCUT2D eigenvalue weighted by molar-refractivity contribution is 7.98. The molecule has 0 aliphatic carbocycles. The van der Waals surface area contributed by atoms with Crippen LogP contribution in [0.15, 0.2) is 18.2 Å². The Bertz CT molecular complexity index is 966. The molecule has 3 unspecified atom stereocenters. The Balaban J connectivity index is 3.70. The van der Waals surface area contributed by atoms with Crippen LogP contribution in [-0.2, 0) is 14.3 Å². The van der Waals surface area contributed by atoms with E-state index in [0.717, 1.165) is 29.5 Å². The predicted molar refractivity (Wildman–Crippen MR) is 163 cm³/mol. The van der Waals surface area contributed by atoms with Crippen LogP contribution in [0.4, 0.5) is 4.79 Å². The molecule has 1 aromatic rings. The SMILES string of the molecule is CSCCC(NC(=O)OC(C)(C)C)C(=O)N(C(C)CCC(C)C)C(C(=O)NC(C)(C)C)c1ccc(C)cc1C. The number of nitrogens with one attached hydrogen (secondary N) is 2. The van der Waals surface area contributed by atoms with Gasteiger partial charge >= 0.3 is 6.09 Å². The van der Waals surface area contributed by atoms with Gasteiger partial charge < -0.3 is 20.3 Å². The average molecular weight is 564 g/mol. The lowest BCUT2D eigenvalue weighted by Gasteiger charge is -2.40. The highest BCUT2D eigenvalue weighted by Crippen LogP contribution is 2.31. The summed E-state index contributed by atoms with van der Waals surface area (Å²) in [5.74, 6) is 0.600. The molecule has 0 aliphatic heterocycles. The van der Waals surface area contributed by atoms with E-state index < -0.39 is 29.3 Å². The number of alkyl carbamates (subject to hydrolysis) is 1. The highest BCUT2D eigenvalue weighted by Gasteiger charge is 2.40. The number of ether oxygens (including phenoxy) is 1. The zero-order valence-corrected chi connectivity index (χ0v) is 27.2. The van der Waals surface area contributed by atoms with Gasteiger partial charge in [0.25, 0.3) is 0 Å². The van der Waals surface area contributed by atoms with Crippen molar-refractivity contribution in [3.05, 3.63) is 34.9 Å². The number of hydrogen-bond donors (Lipinski definition) is 2. The van der Waals surface area contributed by atoms with Gasteiger partial charge in [0, 0.05) is 11.6 Å². The van der Waals surface area contributed by atoms with E-state index >= 15 is 0 Å². The molecule has 0 radical (unpaired) electrons. The molecule has 222 valence electrons. The lowest BCUT2D eigenvalue weighted by molar-refractivity contribution is -0.145. The fraction of sp³-hybridized carbons (Fsp3) is 0.710. The second-order valence-electron chi connectivity index (χ2n) is 13.0. The Morgan fingerprint density at radius 3 is 2.08 bits per heavy atom. The van der Waals surface area contributed by atoms with Crippen molar-refractivity contribution >= 4 is 29.7 Å². The summed E-state index contributed by atoms with van der Waals surface area (Å²) in [5.41, 5.74) is 1.62. The molecule has 0 bridgehead atoms. The first-order valence-corrected chi connectivity index (χ1v) is 15.5. The minimum absolute atomic E-state index is 0.236. The van der Waals surface area contributed by atoms with Gasteiger partial charge in [0.2, 0.25) is 11.8 Å². The Morgan fingerprint density at radius 1 is 0.974 bits per heavy atom. The average Bonchev–Trinajstić information content (AvgIpc) is 2.76. The summed E-state index contributed by atoms with van der Waals surface area (Å²) in [6, 6.07) is 4.05. The van der Waals surface area contributed by atoms with Gasteiger partial charge in [0.05, 0.1) is 0 Å². The van der Waals surface area contributed by atoms with Crippen molar-refractivity contribution in [2.24, 2.45) is 5.92 Å². The van der Waals surface area contributed by atoms with Crippen molar-refractivity contribution in [2.45, 2.75) is 125 Å². The summed E-state index contributed by atoms with van der Waals surface area (Å²) in [6.07, 6.45) is 3.38. The Morgan fingerprint density at radius 2 is 1.59 bits per heavy atom. The smallest absolute Gasteiger partial charge is 0.408 e. The van der Waals surface area contributed by atoms with Crippen LogP contribution in [0.25, 0.3) is 0 Å². The summed E-state index contributed by atoms with van der Waals surface area (Å²) in [5, 5.41) is 5.95. The lowest BCUT2D eigenvalue weighted by Crippen LogP contribution is -2.57. The van der Waals surface area contributed by atoms with Crippen molar-refractivity contribution < 1.29 is 19.1 Å². The molecule has 3 amide bonds. The Kier molecular flexibility index (Phi) is 13.4. The van der Waals surface area contributed by atoms with Crippen molar-refractivity contribution in [2.75, 3.05) is 12.0 Å². The van der Waals surface area contributed by atoms with Gasteiger partial charge in [0.1, 0.15) is 17.7 Å². The van der Waals surface area contributed by atoms with Gasteiger partial charge in [0.15, 0.2) is 0 Å². The first-order valence-electron chi connectivity index (χ1n) is 14.1. The molecule has 8 heteroatoms. The number of aryl methyl sites for hydroxylation is 2. The Hall–Kier alpha value is -2.22. The van der Waals surface area contributed by atoms with Gasteiger partial charge in [-0.2, -0.15) is 11.8 Å². The number of amides is 3. The molecular formula is C31H53N3O4S. The zero-order chi connectivity index (χ0) is 30.1. The molecule has 39 heavy (non-hydrogen) atoms. The molecule has 0 saturated carbocycles. The number of hydrogen-bond acceptors (Lipinski definition) is 5. The highest BCUT2D eigenvalue weighted by atomic mass is 32.2. The largest absolute Gasteiger partial charge is 0.444 e. The second kappa shape index (κ2) is 15.0. The fourth-order valence-electron chi connectivity index (χ4n) is 4.42. The summed E-state index contributed by atoms with van der Waals surface area (Å²) in [7, 11) is 0. The summed E-state index contributed by atoms with van der Waals surface area (Å²) < 4.78 is 5.50. The monoisotopic (exact) mass is 563 g/mol. The van der Waals surface area contributed by atoms with E-state index in [1.165, 1.54) is 0 Å². The van der Waals surface area contributed by atoms with Crippen molar-refractivity contribution in [1.29, 1.82) is 0 Å². The molecule has 3 atom stereocenters. The van der Waals surface area contributed by atoms with E-state index in [0.29, 0.717) is 18.1 Å². The predicted octanol–water partition coefficient (Wildman–Crippen LogP) is 6.56. The van der Waals surface area contributed by atoms with E-state index in [-0.39, 0.29) is 17.9 Å². The van der Waals surface area contributed by atoms with Gasteiger partial charge in [-0.3, -0.25) is 9.59 Å². The molecular weight excluding hydrogens is 510 g/mol. The standard InChI is InChI=1S/C31H53N3O4S/c1-20(2)13-15-23(5)34(28(36)25(17-18-39-12)32-29(37)38-31(9,10)11)26(27(35)33-30(6,7)8)24-16-14-21(3)19-22(24)4/h14,16,19-20,23,25-26H,13,15,17-18H2,1-12H3,(H,32,37)(H,33,35). The van der Waals surface area contributed by atoms with Crippen LogP contribution in [-0.4, -0.2) is 58.0 Å². The number of carbonyl (C=O) groups is 3. The molecule has 0 aromatic heterocycles. The minimum Gasteiger partial charge on any atom is -0.444 e. The lowest BCUT2D eigenvalue weighted by atomic mass is 9.93. The second-order valence-corrected chi connectivity index (χ2v) is 14.0. The molecule has 1 aromatic carbocycles. The number of rotatable bonds is 12. The third-order valence-electron chi connectivity index (χ3n) is 6.24. The normalized spacial score (nSPS) is 14.4. The first kappa shape index (κ1) is 34.8. The molecule has 0 heterocycles. The van der Waals surface area contributed by atoms with Crippen LogP contribution in [0.3, 0.4) is 0 Å². The summed E-state index contributed by atoms with van der Waals surface area (Å²) in [6.45, 7) is 21.5. The molecule has 0 spiro atoms. The molecule has 0 saturated heterocycles. The molecule has 0 aliphatic rings. The molecule has 0 fully saturated rings. The van der Waals surface area contributed by atoms with Crippen molar-refractivity contribution in [3.8, 4) is 0 Å². The Labute approximate surface area is 241 Å². The minimum atomic E-state index is -0.850. The molecule has 7 nitrogen and oxygen atoms in total. The van der Waals surface area contributed by atoms with E-state index in [2.05, 4.69) is 24.5 Å². The first-order chi connectivity index (χ1) is 17.9. The van der Waals surface area contributed by atoms with E-state index in [4.69, 9.17) is 4.74 Å². The van der Waals surface area contributed by atoms with E-state index in [1.807, 2.05) is 66.0 Å². The summed E-state index contributed by atoms with van der Waals surface area (Å²) >= 11 is 1.60. The van der Waals surface area contributed by atoms with Gasteiger partial charge in [-0.1, -0.05) is 37.6 Å². The summed E-state index contributed by atoms with van der Waals surface area (Å²) in [4.78, 5) is 43.0. The maximum absolute atomic E-state index is 14.5. The van der Waals surface area contributed by atoms with E-state index in [1.54, 1.807) is 37.4 Å². The van der Waals surface area contributed by atoms with Crippen LogP contribution in [0.2, 0.25) is 0 Å². The number of nitrogens with zero attached hydrogens (tertiary/aromatic N) is 1. The molecule has 2 N–H and O–H groups in total.